The van der Waals surface area contributed by atoms with E-state index in [4.69, 9.17) is 0 Å². The minimum absolute atomic E-state index is 0.162. The van der Waals surface area contributed by atoms with Gasteiger partial charge in [0.15, 0.2) is 0 Å². The highest BCUT2D eigenvalue weighted by Gasteiger charge is 2.33. The summed E-state index contributed by atoms with van der Waals surface area (Å²) in [5, 5.41) is 2.82. The van der Waals surface area contributed by atoms with Crippen LogP contribution < -0.4 is 10.2 Å². The van der Waals surface area contributed by atoms with E-state index in [0.29, 0.717) is 11.3 Å². The number of para-hydroxylation sites is 2. The number of amides is 2. The molecule has 0 spiro atoms. The monoisotopic (exact) mass is 280 g/mol. The third-order valence-electron chi connectivity index (χ3n) is 3.71. The summed E-state index contributed by atoms with van der Waals surface area (Å²) in [7, 11) is 0. The highest BCUT2D eigenvalue weighted by Crippen LogP contribution is 2.32. The molecule has 3 rings (SSSR count). The molecule has 21 heavy (non-hydrogen) atoms. The molecule has 0 aromatic heterocycles. The first kappa shape index (κ1) is 13.4. The second-order valence-corrected chi connectivity index (χ2v) is 5.22. The van der Waals surface area contributed by atoms with Gasteiger partial charge in [-0.1, -0.05) is 29.8 Å². The molecule has 0 saturated heterocycles. The van der Waals surface area contributed by atoms with Crippen LogP contribution in [-0.2, 0) is 4.79 Å². The standard InChI is InChI=1S/C17H16N2O2/c1-11-7-9-13(10-8-11)17(21)19-12(2)16(20)18-14-5-3-4-6-15(14)19/h3-10,12H,1-2H3,(H,18,20)/t12-/m0/s1. The van der Waals surface area contributed by atoms with E-state index >= 15 is 0 Å². The zero-order chi connectivity index (χ0) is 15.0. The lowest BCUT2D eigenvalue weighted by Gasteiger charge is -2.34. The highest BCUT2D eigenvalue weighted by atomic mass is 16.2. The van der Waals surface area contributed by atoms with Crippen LogP contribution in [0.25, 0.3) is 0 Å². The summed E-state index contributed by atoms with van der Waals surface area (Å²) in [6, 6.07) is 14.2. The Labute approximate surface area is 123 Å². The summed E-state index contributed by atoms with van der Waals surface area (Å²) in [6.07, 6.45) is 0. The summed E-state index contributed by atoms with van der Waals surface area (Å²) < 4.78 is 0. The third kappa shape index (κ3) is 2.29. The van der Waals surface area contributed by atoms with E-state index in [2.05, 4.69) is 5.32 Å². The number of carbonyl (C=O) groups excluding carboxylic acids is 2. The lowest BCUT2D eigenvalue weighted by Crippen LogP contribution is -2.49. The van der Waals surface area contributed by atoms with Gasteiger partial charge in [-0.05, 0) is 38.1 Å². The van der Waals surface area contributed by atoms with Gasteiger partial charge in [-0.2, -0.15) is 0 Å². The summed E-state index contributed by atoms with van der Waals surface area (Å²) in [5.74, 6) is -0.334. The maximum atomic E-state index is 12.8. The molecule has 0 unspecified atom stereocenters. The number of fused-ring (bicyclic) bond motifs is 1. The van der Waals surface area contributed by atoms with Crippen molar-refractivity contribution in [3.8, 4) is 0 Å². The quantitative estimate of drug-likeness (QED) is 0.873. The average Bonchev–Trinajstić information content (AvgIpc) is 2.49. The number of benzene rings is 2. The van der Waals surface area contributed by atoms with Gasteiger partial charge in [0.1, 0.15) is 6.04 Å². The molecule has 0 aliphatic carbocycles. The molecule has 2 aromatic rings. The molecule has 2 aromatic carbocycles. The number of anilines is 2. The van der Waals surface area contributed by atoms with E-state index in [1.165, 1.54) is 0 Å². The van der Waals surface area contributed by atoms with Gasteiger partial charge in [-0.15, -0.1) is 0 Å². The zero-order valence-electron chi connectivity index (χ0n) is 12.0. The van der Waals surface area contributed by atoms with Crippen molar-refractivity contribution >= 4 is 23.2 Å². The van der Waals surface area contributed by atoms with Crippen LogP contribution in [0.1, 0.15) is 22.8 Å². The Kier molecular flexibility index (Phi) is 3.22. The van der Waals surface area contributed by atoms with Gasteiger partial charge < -0.3 is 5.32 Å². The summed E-state index contributed by atoms with van der Waals surface area (Å²) in [5.41, 5.74) is 3.07. The average molecular weight is 280 g/mol. The molecule has 0 bridgehead atoms. The summed E-state index contributed by atoms with van der Waals surface area (Å²) in [6.45, 7) is 3.71. The number of hydrogen-bond donors (Lipinski definition) is 1. The van der Waals surface area contributed by atoms with Gasteiger partial charge in [0.2, 0.25) is 5.91 Å². The Bertz CT molecular complexity index is 707. The van der Waals surface area contributed by atoms with Gasteiger partial charge >= 0.3 is 0 Å². The summed E-state index contributed by atoms with van der Waals surface area (Å²) in [4.78, 5) is 26.4. The van der Waals surface area contributed by atoms with E-state index in [1.54, 1.807) is 30.0 Å². The second kappa shape index (κ2) is 5.05. The lowest BCUT2D eigenvalue weighted by atomic mass is 10.1. The maximum absolute atomic E-state index is 12.8. The van der Waals surface area contributed by atoms with Crippen molar-refractivity contribution in [1.29, 1.82) is 0 Å². The lowest BCUT2D eigenvalue weighted by molar-refractivity contribution is -0.117. The minimum Gasteiger partial charge on any atom is -0.322 e. The fourth-order valence-electron chi connectivity index (χ4n) is 2.47. The van der Waals surface area contributed by atoms with Crippen LogP contribution >= 0.6 is 0 Å². The Morgan fingerprint density at radius 1 is 1.10 bits per heavy atom. The van der Waals surface area contributed by atoms with E-state index in [0.717, 1.165) is 11.3 Å². The van der Waals surface area contributed by atoms with E-state index in [1.807, 2.05) is 37.3 Å². The highest BCUT2D eigenvalue weighted by molar-refractivity contribution is 6.16. The van der Waals surface area contributed by atoms with Gasteiger partial charge in [0, 0.05) is 5.56 Å². The van der Waals surface area contributed by atoms with Gasteiger partial charge in [-0.3, -0.25) is 14.5 Å². The van der Waals surface area contributed by atoms with Crippen molar-refractivity contribution in [1.82, 2.24) is 0 Å². The Hall–Kier alpha value is -2.62. The number of rotatable bonds is 1. The SMILES string of the molecule is Cc1ccc(C(=O)N2c3ccccc3NC(=O)[C@@H]2C)cc1. The molecule has 1 aliphatic heterocycles. The number of hydrogen-bond acceptors (Lipinski definition) is 2. The number of nitrogens with one attached hydrogen (secondary N) is 1. The first-order valence-electron chi connectivity index (χ1n) is 6.88. The van der Waals surface area contributed by atoms with Gasteiger partial charge in [0.05, 0.1) is 11.4 Å². The maximum Gasteiger partial charge on any atom is 0.259 e. The predicted molar refractivity (Wildman–Crippen MR) is 82.5 cm³/mol. The third-order valence-corrected chi connectivity index (χ3v) is 3.71. The Balaban J connectivity index is 2.05. The number of carbonyl (C=O) groups is 2. The largest absolute Gasteiger partial charge is 0.322 e. The zero-order valence-corrected chi connectivity index (χ0v) is 12.0. The molecule has 0 saturated carbocycles. The van der Waals surface area contributed by atoms with Crippen LogP contribution in [0, 0.1) is 6.92 Å². The van der Waals surface area contributed by atoms with Crippen LogP contribution in [0.4, 0.5) is 11.4 Å². The first-order valence-corrected chi connectivity index (χ1v) is 6.88. The van der Waals surface area contributed by atoms with Crippen molar-refractivity contribution in [2.75, 3.05) is 10.2 Å². The molecule has 106 valence electrons. The van der Waals surface area contributed by atoms with Crippen LogP contribution in [0.5, 0.6) is 0 Å². The van der Waals surface area contributed by atoms with Crippen LogP contribution in [0.2, 0.25) is 0 Å². The van der Waals surface area contributed by atoms with E-state index in [9.17, 15) is 9.59 Å². The van der Waals surface area contributed by atoms with E-state index in [-0.39, 0.29) is 11.8 Å². The van der Waals surface area contributed by atoms with Crippen LogP contribution in [0.15, 0.2) is 48.5 Å². The van der Waals surface area contributed by atoms with Crippen molar-refractivity contribution in [2.45, 2.75) is 19.9 Å². The predicted octanol–water partition coefficient (Wildman–Crippen LogP) is 2.98. The van der Waals surface area contributed by atoms with Gasteiger partial charge in [-0.25, -0.2) is 0 Å². The molecule has 2 amide bonds. The van der Waals surface area contributed by atoms with Crippen molar-refractivity contribution in [2.24, 2.45) is 0 Å². The fraction of sp³-hybridized carbons (Fsp3) is 0.176. The molecule has 1 aliphatic rings. The fourth-order valence-corrected chi connectivity index (χ4v) is 2.47. The minimum atomic E-state index is -0.534. The smallest absolute Gasteiger partial charge is 0.259 e. The molecule has 0 radical (unpaired) electrons. The normalized spacial score (nSPS) is 17.1. The molecule has 1 heterocycles. The van der Waals surface area contributed by atoms with Crippen LogP contribution in [-0.4, -0.2) is 17.9 Å². The second-order valence-electron chi connectivity index (χ2n) is 5.22. The summed E-state index contributed by atoms with van der Waals surface area (Å²) >= 11 is 0. The molecule has 0 fully saturated rings. The first-order chi connectivity index (χ1) is 10.1. The Morgan fingerprint density at radius 2 is 1.76 bits per heavy atom. The number of aryl methyl sites for hydroxylation is 1. The molecule has 1 N–H and O–H groups in total. The molecular weight excluding hydrogens is 264 g/mol. The molecular formula is C17H16N2O2. The Morgan fingerprint density at radius 3 is 2.48 bits per heavy atom. The van der Waals surface area contributed by atoms with Crippen molar-refractivity contribution in [3.63, 3.8) is 0 Å². The molecule has 1 atom stereocenters. The van der Waals surface area contributed by atoms with Crippen molar-refractivity contribution < 1.29 is 9.59 Å². The van der Waals surface area contributed by atoms with Crippen LogP contribution in [0.3, 0.4) is 0 Å². The number of nitrogens with zero attached hydrogens (tertiary/aromatic N) is 1. The topological polar surface area (TPSA) is 49.4 Å². The van der Waals surface area contributed by atoms with Crippen molar-refractivity contribution in [3.05, 3.63) is 59.7 Å². The van der Waals surface area contributed by atoms with Gasteiger partial charge in [0.25, 0.3) is 5.91 Å². The van der Waals surface area contributed by atoms with E-state index < -0.39 is 6.04 Å². The molecule has 4 heteroatoms. The molecule has 4 nitrogen and oxygen atoms in total.